The standard InChI is InChI=1S/C24H24N2O5/c1-16-5-4-6-18(15-16)30-13-14-31-23(29)24-12-11-21(27)26(24)20-8-3-2-7-19(20)22(28)25(24)17-9-10-17/h2-8,15,17H,9-14H2,1H3. The number of rotatable bonds is 6. The van der Waals surface area contributed by atoms with Crippen LogP contribution in [-0.2, 0) is 14.3 Å². The number of esters is 1. The fourth-order valence-electron chi connectivity index (χ4n) is 4.63. The van der Waals surface area contributed by atoms with Crippen molar-refractivity contribution in [1.82, 2.24) is 4.90 Å². The topological polar surface area (TPSA) is 76.1 Å². The molecule has 2 aromatic carbocycles. The van der Waals surface area contributed by atoms with Crippen LogP contribution in [0.4, 0.5) is 5.69 Å². The van der Waals surface area contributed by atoms with Crippen LogP contribution in [0.15, 0.2) is 48.5 Å². The number of anilines is 1. The van der Waals surface area contributed by atoms with Gasteiger partial charge >= 0.3 is 5.97 Å². The van der Waals surface area contributed by atoms with Crippen molar-refractivity contribution in [3.63, 3.8) is 0 Å². The molecule has 1 atom stereocenters. The highest BCUT2D eigenvalue weighted by atomic mass is 16.6. The van der Waals surface area contributed by atoms with Crippen LogP contribution < -0.4 is 9.64 Å². The first-order valence-electron chi connectivity index (χ1n) is 10.6. The lowest BCUT2D eigenvalue weighted by molar-refractivity contribution is -0.158. The number of benzene rings is 2. The van der Waals surface area contributed by atoms with Gasteiger partial charge in [-0.05, 0) is 49.6 Å². The Balaban J connectivity index is 1.39. The molecule has 1 unspecified atom stereocenters. The van der Waals surface area contributed by atoms with E-state index in [-0.39, 0.29) is 43.9 Å². The Labute approximate surface area is 180 Å². The van der Waals surface area contributed by atoms with Gasteiger partial charge in [-0.3, -0.25) is 14.5 Å². The molecular formula is C24H24N2O5. The van der Waals surface area contributed by atoms with Crippen LogP contribution in [0.1, 0.15) is 41.6 Å². The summed E-state index contributed by atoms with van der Waals surface area (Å²) in [7, 11) is 0. The minimum absolute atomic E-state index is 0.0326. The Kier molecular flexibility index (Phi) is 4.68. The van der Waals surface area contributed by atoms with Crippen molar-refractivity contribution in [2.24, 2.45) is 0 Å². The lowest BCUT2D eigenvalue weighted by Gasteiger charge is -2.48. The van der Waals surface area contributed by atoms with E-state index < -0.39 is 11.6 Å². The molecule has 31 heavy (non-hydrogen) atoms. The maximum absolute atomic E-state index is 13.4. The number of carbonyl (C=O) groups is 3. The van der Waals surface area contributed by atoms with E-state index in [1.807, 2.05) is 31.2 Å². The second kappa shape index (κ2) is 7.41. The first-order chi connectivity index (χ1) is 15.0. The highest BCUT2D eigenvalue weighted by molar-refractivity contribution is 6.15. The van der Waals surface area contributed by atoms with Crippen LogP contribution in [-0.4, -0.2) is 47.6 Å². The van der Waals surface area contributed by atoms with Crippen molar-refractivity contribution in [1.29, 1.82) is 0 Å². The largest absolute Gasteiger partial charge is 0.490 e. The number of hydrogen-bond acceptors (Lipinski definition) is 5. The van der Waals surface area contributed by atoms with Gasteiger partial charge in [-0.25, -0.2) is 4.79 Å². The lowest BCUT2D eigenvalue weighted by Crippen LogP contribution is -2.69. The summed E-state index contributed by atoms with van der Waals surface area (Å²) in [5, 5.41) is 0. The van der Waals surface area contributed by atoms with E-state index in [1.165, 1.54) is 4.90 Å². The third kappa shape index (κ3) is 3.15. The molecule has 7 nitrogen and oxygen atoms in total. The molecule has 1 aliphatic carbocycles. The predicted octanol–water partition coefficient (Wildman–Crippen LogP) is 3.06. The van der Waals surface area contributed by atoms with Gasteiger partial charge < -0.3 is 14.4 Å². The number of nitrogens with zero attached hydrogens (tertiary/aromatic N) is 2. The number of hydrogen-bond donors (Lipinski definition) is 0. The van der Waals surface area contributed by atoms with E-state index >= 15 is 0 Å². The average molecular weight is 420 g/mol. The number of carbonyl (C=O) groups excluding carboxylic acids is 3. The number of fused-ring (bicyclic) bond motifs is 3. The zero-order chi connectivity index (χ0) is 21.6. The first kappa shape index (κ1) is 19.6. The summed E-state index contributed by atoms with van der Waals surface area (Å²) in [6.45, 7) is 2.19. The molecule has 0 radical (unpaired) electrons. The Bertz CT molecular complexity index is 1060. The van der Waals surface area contributed by atoms with Gasteiger partial charge in [0.2, 0.25) is 11.6 Å². The molecule has 2 aliphatic heterocycles. The van der Waals surface area contributed by atoms with Crippen molar-refractivity contribution in [2.75, 3.05) is 18.1 Å². The fourth-order valence-corrected chi connectivity index (χ4v) is 4.63. The van der Waals surface area contributed by atoms with E-state index in [4.69, 9.17) is 9.47 Å². The Morgan fingerprint density at radius 2 is 1.90 bits per heavy atom. The van der Waals surface area contributed by atoms with E-state index in [0.29, 0.717) is 17.0 Å². The second-order valence-electron chi connectivity index (χ2n) is 8.27. The monoisotopic (exact) mass is 420 g/mol. The van der Waals surface area contributed by atoms with Gasteiger partial charge in [0, 0.05) is 18.9 Å². The predicted molar refractivity (Wildman–Crippen MR) is 113 cm³/mol. The molecule has 2 fully saturated rings. The highest BCUT2D eigenvalue weighted by Gasteiger charge is 2.64. The highest BCUT2D eigenvalue weighted by Crippen LogP contribution is 2.49. The molecule has 2 amide bonds. The van der Waals surface area contributed by atoms with Crippen LogP contribution in [0, 0.1) is 6.92 Å². The van der Waals surface area contributed by atoms with Crippen LogP contribution in [0.3, 0.4) is 0 Å². The summed E-state index contributed by atoms with van der Waals surface area (Å²) in [5.74, 6) is -0.246. The quantitative estimate of drug-likeness (QED) is 0.530. The van der Waals surface area contributed by atoms with Gasteiger partial charge in [0.15, 0.2) is 0 Å². The van der Waals surface area contributed by atoms with Gasteiger partial charge in [0.05, 0.1) is 11.3 Å². The summed E-state index contributed by atoms with van der Waals surface area (Å²) in [6, 6.07) is 14.6. The van der Waals surface area contributed by atoms with E-state index in [2.05, 4.69) is 0 Å². The normalized spacial score (nSPS) is 22.2. The van der Waals surface area contributed by atoms with Crippen LogP contribution in [0.5, 0.6) is 5.75 Å². The lowest BCUT2D eigenvalue weighted by atomic mass is 9.96. The Morgan fingerprint density at radius 1 is 1.10 bits per heavy atom. The summed E-state index contributed by atoms with van der Waals surface area (Å²) >= 11 is 0. The number of para-hydroxylation sites is 1. The molecule has 0 bridgehead atoms. The summed E-state index contributed by atoms with van der Waals surface area (Å²) in [4.78, 5) is 42.8. The Morgan fingerprint density at radius 3 is 2.68 bits per heavy atom. The molecule has 1 saturated carbocycles. The van der Waals surface area contributed by atoms with Gasteiger partial charge in [0.25, 0.3) is 5.91 Å². The van der Waals surface area contributed by atoms with Crippen LogP contribution in [0.25, 0.3) is 0 Å². The van der Waals surface area contributed by atoms with Crippen molar-refractivity contribution < 1.29 is 23.9 Å². The smallest absolute Gasteiger partial charge is 0.353 e. The molecule has 0 aromatic heterocycles. The molecule has 0 N–H and O–H groups in total. The molecule has 3 aliphatic rings. The van der Waals surface area contributed by atoms with Gasteiger partial charge in [0.1, 0.15) is 19.0 Å². The third-order valence-corrected chi connectivity index (χ3v) is 6.11. The molecule has 1 saturated heterocycles. The van der Waals surface area contributed by atoms with Crippen molar-refractivity contribution in [2.45, 2.75) is 44.3 Å². The van der Waals surface area contributed by atoms with Crippen molar-refractivity contribution in [3.05, 3.63) is 59.7 Å². The number of amides is 2. The minimum atomic E-state index is -1.41. The van der Waals surface area contributed by atoms with Gasteiger partial charge in [-0.1, -0.05) is 24.3 Å². The summed E-state index contributed by atoms with van der Waals surface area (Å²) in [6.07, 6.45) is 2.07. The van der Waals surface area contributed by atoms with Gasteiger partial charge in [-0.2, -0.15) is 0 Å². The molecule has 2 aromatic rings. The number of aryl methyl sites for hydroxylation is 1. The third-order valence-electron chi connectivity index (χ3n) is 6.11. The molecule has 160 valence electrons. The average Bonchev–Trinajstić information content (AvgIpc) is 3.54. The maximum Gasteiger partial charge on any atom is 0.353 e. The van der Waals surface area contributed by atoms with Gasteiger partial charge in [-0.15, -0.1) is 0 Å². The van der Waals surface area contributed by atoms with Crippen molar-refractivity contribution >= 4 is 23.5 Å². The van der Waals surface area contributed by atoms with E-state index in [9.17, 15) is 14.4 Å². The molecular weight excluding hydrogens is 396 g/mol. The molecule has 0 spiro atoms. The summed E-state index contributed by atoms with van der Waals surface area (Å²) < 4.78 is 11.3. The van der Waals surface area contributed by atoms with Crippen molar-refractivity contribution in [3.8, 4) is 5.75 Å². The van der Waals surface area contributed by atoms with Crippen LogP contribution >= 0.6 is 0 Å². The SMILES string of the molecule is Cc1cccc(OCCOC(=O)C23CCC(=O)N2c2ccccc2C(=O)N3C2CC2)c1. The Hall–Kier alpha value is -3.35. The van der Waals surface area contributed by atoms with Crippen LogP contribution in [0.2, 0.25) is 0 Å². The molecule has 7 heteroatoms. The second-order valence-corrected chi connectivity index (χ2v) is 8.27. The maximum atomic E-state index is 13.4. The molecule has 2 heterocycles. The number of ether oxygens (including phenoxy) is 2. The fraction of sp³-hybridized carbons (Fsp3) is 0.375. The zero-order valence-corrected chi connectivity index (χ0v) is 17.4. The van der Waals surface area contributed by atoms with E-state index in [1.54, 1.807) is 29.2 Å². The van der Waals surface area contributed by atoms with E-state index in [0.717, 1.165) is 18.4 Å². The minimum Gasteiger partial charge on any atom is -0.490 e. The zero-order valence-electron chi connectivity index (χ0n) is 17.4. The summed E-state index contributed by atoms with van der Waals surface area (Å²) in [5.41, 5.74) is 0.608. The first-order valence-corrected chi connectivity index (χ1v) is 10.6. The molecule has 5 rings (SSSR count).